The zero-order chi connectivity index (χ0) is 16.2. The van der Waals surface area contributed by atoms with Crippen LogP contribution in [0.25, 0.3) is 0 Å². The molecular formula is C15H21N5O3. The van der Waals surface area contributed by atoms with Crippen LogP contribution >= 0.6 is 0 Å². The van der Waals surface area contributed by atoms with Crippen LogP contribution in [0.1, 0.15) is 23.3 Å². The lowest BCUT2D eigenvalue weighted by Gasteiger charge is -2.35. The number of carbonyl (C=O) groups excluding carboxylic acids is 2. The van der Waals surface area contributed by atoms with Crippen LogP contribution in [0.2, 0.25) is 0 Å². The molecule has 0 spiro atoms. The van der Waals surface area contributed by atoms with Crippen molar-refractivity contribution in [2.45, 2.75) is 12.8 Å². The van der Waals surface area contributed by atoms with Crippen molar-refractivity contribution in [2.24, 2.45) is 5.92 Å². The Morgan fingerprint density at radius 1 is 1.04 bits per heavy atom. The molecular weight excluding hydrogens is 298 g/mol. The van der Waals surface area contributed by atoms with Gasteiger partial charge in [-0.15, -0.1) is 0 Å². The number of rotatable bonds is 2. The number of amides is 2. The highest BCUT2D eigenvalue weighted by atomic mass is 16.5. The molecule has 2 aliphatic heterocycles. The van der Waals surface area contributed by atoms with Crippen molar-refractivity contribution in [1.82, 2.24) is 19.8 Å². The van der Waals surface area contributed by atoms with E-state index >= 15 is 0 Å². The molecule has 2 N–H and O–H groups in total. The number of hydrogen-bond acceptors (Lipinski definition) is 6. The smallest absolute Gasteiger partial charge is 0.276 e. The molecule has 3 heterocycles. The number of morpholine rings is 1. The second-order valence-electron chi connectivity index (χ2n) is 5.79. The highest BCUT2D eigenvalue weighted by molar-refractivity contribution is 5.96. The van der Waals surface area contributed by atoms with E-state index < -0.39 is 0 Å². The van der Waals surface area contributed by atoms with E-state index in [1.165, 1.54) is 12.4 Å². The molecule has 2 aliphatic rings. The molecule has 0 unspecified atom stereocenters. The lowest BCUT2D eigenvalue weighted by atomic mass is 9.95. The average Bonchev–Trinajstić information content (AvgIpc) is 2.62. The molecule has 2 amide bonds. The monoisotopic (exact) mass is 319 g/mol. The summed E-state index contributed by atoms with van der Waals surface area (Å²) in [6.07, 6.45) is 4.25. The fourth-order valence-corrected chi connectivity index (χ4v) is 3.03. The summed E-state index contributed by atoms with van der Waals surface area (Å²) in [4.78, 5) is 36.4. The van der Waals surface area contributed by atoms with Crippen molar-refractivity contribution in [3.8, 4) is 0 Å². The molecule has 0 saturated carbocycles. The Labute approximate surface area is 134 Å². The van der Waals surface area contributed by atoms with Crippen LogP contribution in [0, 0.1) is 5.92 Å². The van der Waals surface area contributed by atoms with Crippen molar-refractivity contribution in [3.63, 3.8) is 0 Å². The number of nitrogen functional groups attached to an aromatic ring is 1. The van der Waals surface area contributed by atoms with Crippen molar-refractivity contribution >= 4 is 17.6 Å². The highest BCUT2D eigenvalue weighted by Gasteiger charge is 2.31. The van der Waals surface area contributed by atoms with Gasteiger partial charge in [-0.05, 0) is 12.8 Å². The van der Waals surface area contributed by atoms with Gasteiger partial charge in [-0.2, -0.15) is 0 Å². The number of anilines is 1. The summed E-state index contributed by atoms with van der Waals surface area (Å²) >= 11 is 0. The number of ether oxygens (including phenoxy) is 1. The van der Waals surface area contributed by atoms with Crippen molar-refractivity contribution in [2.75, 3.05) is 45.1 Å². The summed E-state index contributed by atoms with van der Waals surface area (Å²) in [7, 11) is 0. The predicted molar refractivity (Wildman–Crippen MR) is 82.5 cm³/mol. The summed E-state index contributed by atoms with van der Waals surface area (Å²) in [6.45, 7) is 3.61. The van der Waals surface area contributed by atoms with E-state index in [1.54, 1.807) is 4.90 Å². The lowest BCUT2D eigenvalue weighted by Crippen LogP contribution is -2.47. The Hall–Kier alpha value is -2.22. The summed E-state index contributed by atoms with van der Waals surface area (Å²) < 4.78 is 5.27. The van der Waals surface area contributed by atoms with Gasteiger partial charge in [0.05, 0.1) is 13.2 Å². The summed E-state index contributed by atoms with van der Waals surface area (Å²) in [5.41, 5.74) is 5.89. The van der Waals surface area contributed by atoms with Crippen LogP contribution in [-0.4, -0.2) is 71.0 Å². The van der Waals surface area contributed by atoms with Crippen LogP contribution in [0.4, 0.5) is 5.82 Å². The zero-order valence-corrected chi connectivity index (χ0v) is 13.0. The number of piperidine rings is 1. The van der Waals surface area contributed by atoms with Gasteiger partial charge in [0.25, 0.3) is 5.91 Å². The van der Waals surface area contributed by atoms with E-state index in [0.29, 0.717) is 52.2 Å². The molecule has 0 aliphatic carbocycles. The largest absolute Gasteiger partial charge is 0.382 e. The minimum Gasteiger partial charge on any atom is -0.382 e. The van der Waals surface area contributed by atoms with Gasteiger partial charge in [-0.1, -0.05) is 0 Å². The normalized spacial score (nSPS) is 19.7. The average molecular weight is 319 g/mol. The molecule has 0 radical (unpaired) electrons. The van der Waals surface area contributed by atoms with E-state index in [9.17, 15) is 9.59 Å². The maximum Gasteiger partial charge on any atom is 0.276 e. The van der Waals surface area contributed by atoms with Crippen LogP contribution in [-0.2, 0) is 9.53 Å². The van der Waals surface area contributed by atoms with E-state index in [4.69, 9.17) is 10.5 Å². The molecule has 1 aromatic rings. The predicted octanol–water partition coefficient (Wildman–Crippen LogP) is -0.230. The fourth-order valence-electron chi connectivity index (χ4n) is 3.03. The van der Waals surface area contributed by atoms with Gasteiger partial charge in [-0.3, -0.25) is 9.59 Å². The van der Waals surface area contributed by atoms with E-state index in [0.717, 1.165) is 0 Å². The number of likely N-dealkylation sites (tertiary alicyclic amines) is 1. The lowest BCUT2D eigenvalue weighted by molar-refractivity contribution is -0.141. The summed E-state index contributed by atoms with van der Waals surface area (Å²) in [5.74, 6) is 0.0904. The number of carbonyl (C=O) groups is 2. The quantitative estimate of drug-likeness (QED) is 0.808. The Balaban J connectivity index is 1.57. The van der Waals surface area contributed by atoms with Crippen LogP contribution in [0.3, 0.4) is 0 Å². The van der Waals surface area contributed by atoms with E-state index in [-0.39, 0.29) is 29.2 Å². The first-order valence-corrected chi connectivity index (χ1v) is 7.89. The molecule has 8 heteroatoms. The fraction of sp³-hybridized carbons (Fsp3) is 0.600. The van der Waals surface area contributed by atoms with Crippen LogP contribution in [0.15, 0.2) is 12.4 Å². The van der Waals surface area contributed by atoms with E-state index in [2.05, 4.69) is 9.97 Å². The minimum absolute atomic E-state index is 0.0173. The number of aromatic nitrogens is 2. The standard InChI is InChI=1S/C15H21N5O3/c16-13-12(17-3-4-18-13)15(22)19-5-1-11(2-6-19)14(21)20-7-9-23-10-8-20/h3-4,11H,1-2,5-10H2,(H2,16,18). The van der Waals surface area contributed by atoms with Gasteiger partial charge in [-0.25, -0.2) is 9.97 Å². The highest BCUT2D eigenvalue weighted by Crippen LogP contribution is 2.22. The number of hydrogen-bond donors (Lipinski definition) is 1. The van der Waals surface area contributed by atoms with Gasteiger partial charge in [0, 0.05) is 44.5 Å². The van der Waals surface area contributed by atoms with Gasteiger partial charge >= 0.3 is 0 Å². The molecule has 124 valence electrons. The van der Waals surface area contributed by atoms with E-state index in [1.807, 2.05) is 4.90 Å². The molecule has 0 atom stereocenters. The molecule has 8 nitrogen and oxygen atoms in total. The SMILES string of the molecule is Nc1nccnc1C(=O)N1CCC(C(=O)N2CCOCC2)CC1. The molecule has 1 aromatic heterocycles. The molecule has 0 bridgehead atoms. The first kappa shape index (κ1) is 15.7. The summed E-state index contributed by atoms with van der Waals surface area (Å²) in [6, 6.07) is 0. The molecule has 3 rings (SSSR count). The first-order valence-electron chi connectivity index (χ1n) is 7.89. The number of nitrogens with zero attached hydrogens (tertiary/aromatic N) is 4. The third kappa shape index (κ3) is 3.42. The Morgan fingerprint density at radius 3 is 2.35 bits per heavy atom. The molecule has 0 aromatic carbocycles. The van der Waals surface area contributed by atoms with Gasteiger partial charge in [0.1, 0.15) is 0 Å². The van der Waals surface area contributed by atoms with Gasteiger partial charge in [0.2, 0.25) is 5.91 Å². The summed E-state index contributed by atoms with van der Waals surface area (Å²) in [5, 5.41) is 0. The van der Waals surface area contributed by atoms with Crippen molar-refractivity contribution in [1.29, 1.82) is 0 Å². The van der Waals surface area contributed by atoms with Crippen molar-refractivity contribution in [3.05, 3.63) is 18.1 Å². The van der Waals surface area contributed by atoms with Gasteiger partial charge in [0.15, 0.2) is 11.5 Å². The zero-order valence-electron chi connectivity index (χ0n) is 13.0. The third-order valence-electron chi connectivity index (χ3n) is 4.38. The third-order valence-corrected chi connectivity index (χ3v) is 4.38. The van der Waals surface area contributed by atoms with Crippen molar-refractivity contribution < 1.29 is 14.3 Å². The molecule has 2 saturated heterocycles. The maximum absolute atomic E-state index is 12.5. The van der Waals surface area contributed by atoms with Gasteiger partial charge < -0.3 is 20.3 Å². The topological polar surface area (TPSA) is 102 Å². The first-order chi connectivity index (χ1) is 11.2. The second kappa shape index (κ2) is 6.91. The molecule has 23 heavy (non-hydrogen) atoms. The maximum atomic E-state index is 12.5. The Bertz CT molecular complexity index is 580. The molecule has 2 fully saturated rings. The Kier molecular flexibility index (Phi) is 4.71. The van der Waals surface area contributed by atoms with Crippen LogP contribution < -0.4 is 5.73 Å². The number of nitrogens with two attached hydrogens (primary N) is 1. The second-order valence-corrected chi connectivity index (χ2v) is 5.79. The Morgan fingerprint density at radius 2 is 1.70 bits per heavy atom. The van der Waals surface area contributed by atoms with Crippen LogP contribution in [0.5, 0.6) is 0 Å². The minimum atomic E-state index is -0.215.